The van der Waals surface area contributed by atoms with Gasteiger partial charge in [-0.3, -0.25) is 19.3 Å². The van der Waals surface area contributed by atoms with Crippen LogP contribution >= 0.6 is 23.1 Å². The van der Waals surface area contributed by atoms with E-state index >= 15 is 0 Å². The minimum atomic E-state index is -0.561. The molecule has 10 nitrogen and oxygen atoms in total. The fraction of sp³-hybridized carbons (Fsp3) is 0.209. The Balaban J connectivity index is 1.16. The molecule has 0 spiro atoms. The van der Waals surface area contributed by atoms with Crippen molar-refractivity contribution in [3.05, 3.63) is 142 Å². The lowest BCUT2D eigenvalue weighted by Gasteiger charge is -2.26. The monoisotopic (exact) mass is 771 g/mol. The Morgan fingerprint density at radius 3 is 2.42 bits per heavy atom. The quantitative estimate of drug-likeness (QED) is 0.0762. The SMILES string of the molecule is CCC(Sc1cccc(NC(=O)/C(=C\c2cc(OC)ccc2OC)NC(=O)c2ccccc2)c1)C(=O)Nc1sc2c(c1C#N)CCN(Cc1ccccc1)C2. The van der Waals surface area contributed by atoms with Crippen LogP contribution in [0.4, 0.5) is 10.7 Å². The summed E-state index contributed by atoms with van der Waals surface area (Å²) in [5.74, 6) is -0.181. The van der Waals surface area contributed by atoms with Crippen LogP contribution in [0.2, 0.25) is 0 Å². The Morgan fingerprint density at radius 2 is 1.71 bits per heavy atom. The first kappa shape index (κ1) is 38.8. The van der Waals surface area contributed by atoms with Gasteiger partial charge in [0, 0.05) is 46.2 Å². The molecule has 1 unspecified atom stereocenters. The predicted octanol–water partition coefficient (Wildman–Crippen LogP) is 8.11. The summed E-state index contributed by atoms with van der Waals surface area (Å²) >= 11 is 2.85. The van der Waals surface area contributed by atoms with Crippen LogP contribution in [0.15, 0.2) is 114 Å². The maximum atomic E-state index is 13.8. The zero-order valence-corrected chi connectivity index (χ0v) is 32.4. The first-order valence-corrected chi connectivity index (χ1v) is 19.5. The second-order valence-electron chi connectivity index (χ2n) is 12.7. The van der Waals surface area contributed by atoms with E-state index in [2.05, 4.69) is 39.1 Å². The average Bonchev–Trinajstić information content (AvgIpc) is 3.56. The smallest absolute Gasteiger partial charge is 0.272 e. The standard InChI is InChI=1S/C43H41N5O5S2/c1-4-38(42(51)47-43-35(25-44)34-20-21-48(27-39(34)55-43)26-28-12-7-5-8-13-28)54-33-17-11-16-31(24-33)45-41(50)36(46-40(49)29-14-9-6-10-15-29)23-30-22-32(52-2)18-19-37(30)53-3/h5-19,22-24,38H,4,20-21,26-27H2,1-3H3,(H,45,50)(H,46,49)(H,47,51)/b36-23+. The van der Waals surface area contributed by atoms with Gasteiger partial charge in [0.25, 0.3) is 11.8 Å². The molecular weight excluding hydrogens is 731 g/mol. The highest BCUT2D eigenvalue weighted by molar-refractivity contribution is 8.00. The highest BCUT2D eigenvalue weighted by atomic mass is 32.2. The molecule has 0 aliphatic carbocycles. The summed E-state index contributed by atoms with van der Waals surface area (Å²) in [6.07, 6.45) is 2.82. The molecule has 0 radical (unpaired) electrons. The molecule has 1 aliphatic heterocycles. The number of carbonyl (C=O) groups excluding carboxylic acids is 3. The molecule has 0 fully saturated rings. The molecule has 0 saturated heterocycles. The number of hydrogen-bond acceptors (Lipinski definition) is 9. The van der Waals surface area contributed by atoms with Crippen LogP contribution in [0.5, 0.6) is 11.5 Å². The van der Waals surface area contributed by atoms with Crippen molar-refractivity contribution >= 4 is 57.6 Å². The van der Waals surface area contributed by atoms with Gasteiger partial charge in [-0.1, -0.05) is 61.5 Å². The number of nitriles is 1. The maximum Gasteiger partial charge on any atom is 0.272 e. The van der Waals surface area contributed by atoms with Gasteiger partial charge < -0.3 is 25.4 Å². The molecule has 4 aromatic carbocycles. The molecular formula is C43H41N5O5S2. The summed E-state index contributed by atoms with van der Waals surface area (Å²) in [6.45, 7) is 4.33. The number of ether oxygens (including phenoxy) is 2. The minimum absolute atomic E-state index is 0.0144. The number of hydrogen-bond donors (Lipinski definition) is 3. The lowest BCUT2D eigenvalue weighted by atomic mass is 10.0. The first-order valence-electron chi connectivity index (χ1n) is 17.8. The van der Waals surface area contributed by atoms with Gasteiger partial charge in [0.2, 0.25) is 5.91 Å². The maximum absolute atomic E-state index is 13.8. The van der Waals surface area contributed by atoms with E-state index in [0.717, 1.165) is 41.4 Å². The normalized spacial score (nSPS) is 13.2. The summed E-state index contributed by atoms with van der Waals surface area (Å²) in [5.41, 5.74) is 4.18. The molecule has 1 atom stereocenters. The van der Waals surface area contributed by atoms with E-state index in [9.17, 15) is 19.6 Å². The lowest BCUT2D eigenvalue weighted by molar-refractivity contribution is -0.116. The number of thioether (sulfide) groups is 1. The first-order chi connectivity index (χ1) is 26.8. The molecule has 6 rings (SSSR count). The summed E-state index contributed by atoms with van der Waals surface area (Å²) in [4.78, 5) is 45.0. The van der Waals surface area contributed by atoms with Gasteiger partial charge in [-0.15, -0.1) is 23.1 Å². The molecule has 0 bridgehead atoms. The summed E-state index contributed by atoms with van der Waals surface area (Å²) < 4.78 is 10.9. The number of fused-ring (bicyclic) bond motifs is 1. The van der Waals surface area contributed by atoms with Crippen molar-refractivity contribution in [3.8, 4) is 17.6 Å². The number of benzene rings is 4. The van der Waals surface area contributed by atoms with Crippen molar-refractivity contribution in [2.75, 3.05) is 31.4 Å². The third-order valence-corrected chi connectivity index (χ3v) is 11.5. The van der Waals surface area contributed by atoms with E-state index in [1.807, 2.05) is 31.2 Å². The van der Waals surface area contributed by atoms with Crippen LogP contribution in [0, 0.1) is 11.3 Å². The zero-order chi connectivity index (χ0) is 38.7. The molecule has 55 heavy (non-hydrogen) atoms. The van der Waals surface area contributed by atoms with Crippen molar-refractivity contribution < 1.29 is 23.9 Å². The number of thiophene rings is 1. The minimum Gasteiger partial charge on any atom is -0.497 e. The number of anilines is 2. The molecule has 1 aromatic heterocycles. The highest BCUT2D eigenvalue weighted by Crippen LogP contribution is 2.38. The van der Waals surface area contributed by atoms with Gasteiger partial charge in [-0.25, -0.2) is 0 Å². The fourth-order valence-corrected chi connectivity index (χ4v) is 8.47. The second-order valence-corrected chi connectivity index (χ2v) is 15.1. The van der Waals surface area contributed by atoms with Crippen molar-refractivity contribution in [2.45, 2.75) is 43.0 Å². The van der Waals surface area contributed by atoms with Crippen molar-refractivity contribution in [2.24, 2.45) is 0 Å². The molecule has 12 heteroatoms. The molecule has 5 aromatic rings. The Bertz CT molecular complexity index is 2230. The fourth-order valence-electron chi connectivity index (χ4n) is 6.21. The van der Waals surface area contributed by atoms with E-state index in [4.69, 9.17) is 9.47 Å². The molecule has 2 heterocycles. The molecule has 0 saturated carbocycles. The van der Waals surface area contributed by atoms with Crippen LogP contribution in [0.3, 0.4) is 0 Å². The van der Waals surface area contributed by atoms with Crippen molar-refractivity contribution in [1.29, 1.82) is 5.26 Å². The second kappa shape index (κ2) is 18.4. The Morgan fingerprint density at radius 1 is 0.945 bits per heavy atom. The lowest BCUT2D eigenvalue weighted by Crippen LogP contribution is -2.30. The van der Waals surface area contributed by atoms with Crippen LogP contribution in [0.25, 0.3) is 6.08 Å². The van der Waals surface area contributed by atoms with Gasteiger partial charge in [0.1, 0.15) is 28.3 Å². The van der Waals surface area contributed by atoms with Gasteiger partial charge in [0.15, 0.2) is 0 Å². The van der Waals surface area contributed by atoms with Gasteiger partial charge >= 0.3 is 0 Å². The zero-order valence-electron chi connectivity index (χ0n) is 30.8. The van der Waals surface area contributed by atoms with E-state index in [0.29, 0.717) is 45.3 Å². The van der Waals surface area contributed by atoms with Crippen molar-refractivity contribution in [3.63, 3.8) is 0 Å². The third kappa shape index (κ3) is 9.82. The Labute approximate surface area is 329 Å². The summed E-state index contributed by atoms with van der Waals surface area (Å²) in [7, 11) is 3.06. The Hall–Kier alpha value is -5.87. The van der Waals surface area contributed by atoms with Gasteiger partial charge in [-0.05, 0) is 78.6 Å². The largest absolute Gasteiger partial charge is 0.497 e. The number of methoxy groups -OCH3 is 2. The van der Waals surface area contributed by atoms with Crippen molar-refractivity contribution in [1.82, 2.24) is 10.2 Å². The van der Waals surface area contributed by atoms with Crippen LogP contribution in [-0.4, -0.2) is 48.6 Å². The molecule has 1 aliphatic rings. The third-order valence-electron chi connectivity index (χ3n) is 9.03. The topological polar surface area (TPSA) is 133 Å². The van der Waals surface area contributed by atoms with Gasteiger partial charge in [0.05, 0.1) is 25.0 Å². The highest BCUT2D eigenvalue weighted by Gasteiger charge is 2.27. The molecule has 3 N–H and O–H groups in total. The van der Waals surface area contributed by atoms with Crippen LogP contribution in [-0.2, 0) is 29.1 Å². The van der Waals surface area contributed by atoms with Crippen LogP contribution < -0.4 is 25.4 Å². The number of nitrogens with one attached hydrogen (secondary N) is 3. The van der Waals surface area contributed by atoms with Crippen LogP contribution in [0.1, 0.15) is 50.8 Å². The van der Waals surface area contributed by atoms with E-state index in [-0.39, 0.29) is 11.6 Å². The summed E-state index contributed by atoms with van der Waals surface area (Å²) in [5, 5.41) is 18.9. The van der Waals surface area contributed by atoms with E-state index < -0.39 is 17.1 Å². The summed E-state index contributed by atoms with van der Waals surface area (Å²) in [6, 6.07) is 33.6. The predicted molar refractivity (Wildman–Crippen MR) is 218 cm³/mol. The average molecular weight is 772 g/mol. The van der Waals surface area contributed by atoms with E-state index in [1.165, 1.54) is 49.0 Å². The number of amides is 3. The Kier molecular flexibility index (Phi) is 13.0. The molecule has 280 valence electrons. The molecule has 3 amide bonds. The number of nitrogens with zero attached hydrogens (tertiary/aromatic N) is 2. The van der Waals surface area contributed by atoms with Gasteiger partial charge in [-0.2, -0.15) is 5.26 Å². The van der Waals surface area contributed by atoms with E-state index in [1.54, 1.807) is 66.7 Å². The number of rotatable bonds is 14. The number of carbonyl (C=O) groups is 3.